The molecule has 3 rings (SSSR count). The number of methoxy groups -OCH3 is 1. The number of nitrogens with one attached hydrogen (secondary N) is 1. The molecule has 0 saturated heterocycles. The minimum atomic E-state index is -4.55. The quantitative estimate of drug-likeness (QED) is 0.683. The van der Waals surface area contributed by atoms with Crippen LogP contribution in [0.25, 0.3) is 0 Å². The van der Waals surface area contributed by atoms with Gasteiger partial charge < -0.3 is 19.5 Å². The molecule has 2 aromatic rings. The van der Waals surface area contributed by atoms with Gasteiger partial charge in [0.25, 0.3) is 0 Å². The van der Waals surface area contributed by atoms with Crippen LogP contribution in [0.1, 0.15) is 11.1 Å². The molecule has 1 aliphatic heterocycles. The van der Waals surface area contributed by atoms with Crippen molar-refractivity contribution in [2.24, 2.45) is 5.92 Å². The van der Waals surface area contributed by atoms with E-state index in [0.717, 1.165) is 17.7 Å². The maximum atomic E-state index is 13.1. The average Bonchev–Trinajstić information content (AvgIpc) is 2.67. The van der Waals surface area contributed by atoms with Crippen LogP contribution < -0.4 is 14.8 Å². The molecule has 9 heteroatoms. The summed E-state index contributed by atoms with van der Waals surface area (Å²) < 4.78 is 55.2. The van der Waals surface area contributed by atoms with Crippen molar-refractivity contribution in [3.63, 3.8) is 0 Å². The Kier molecular flexibility index (Phi) is 6.54. The fraction of sp³-hybridized carbons (Fsp3) is 0.350. The van der Waals surface area contributed by atoms with E-state index >= 15 is 0 Å². The zero-order chi connectivity index (χ0) is 21.0. The monoisotopic (exact) mass is 429 g/mol. The van der Waals surface area contributed by atoms with Gasteiger partial charge in [0.05, 0.1) is 23.8 Å². The summed E-state index contributed by atoms with van der Waals surface area (Å²) in [5.74, 6) is -0.279. The van der Waals surface area contributed by atoms with Gasteiger partial charge in [-0.3, -0.25) is 4.79 Å². The van der Waals surface area contributed by atoms with Gasteiger partial charge in [0.15, 0.2) is 0 Å². The molecule has 0 bridgehead atoms. The van der Waals surface area contributed by atoms with Gasteiger partial charge in [-0.05, 0) is 48.4 Å². The molecule has 5 nitrogen and oxygen atoms in total. The molecule has 1 atom stereocenters. The van der Waals surface area contributed by atoms with E-state index in [9.17, 15) is 18.0 Å². The molecule has 156 valence electrons. The van der Waals surface area contributed by atoms with Gasteiger partial charge in [-0.2, -0.15) is 13.2 Å². The van der Waals surface area contributed by atoms with Crippen LogP contribution in [-0.4, -0.2) is 32.8 Å². The number of halogens is 4. The number of amides is 1. The summed E-state index contributed by atoms with van der Waals surface area (Å²) in [6.45, 7) is 0.491. The predicted octanol–water partition coefficient (Wildman–Crippen LogP) is 4.57. The zero-order valence-electron chi connectivity index (χ0n) is 15.5. The molecule has 1 N–H and O–H groups in total. The highest BCUT2D eigenvalue weighted by Gasteiger charge is 2.32. The lowest BCUT2D eigenvalue weighted by Crippen LogP contribution is -2.32. The van der Waals surface area contributed by atoms with E-state index in [0.29, 0.717) is 17.2 Å². The van der Waals surface area contributed by atoms with E-state index in [-0.39, 0.29) is 31.3 Å². The smallest absolute Gasteiger partial charge is 0.416 e. The second-order valence-corrected chi connectivity index (χ2v) is 6.94. The van der Waals surface area contributed by atoms with E-state index in [1.54, 1.807) is 18.2 Å². The van der Waals surface area contributed by atoms with Crippen molar-refractivity contribution in [1.82, 2.24) is 0 Å². The average molecular weight is 430 g/mol. The molecule has 29 heavy (non-hydrogen) atoms. The van der Waals surface area contributed by atoms with Crippen molar-refractivity contribution in [1.29, 1.82) is 0 Å². The summed E-state index contributed by atoms with van der Waals surface area (Å²) in [6.07, 6.45) is -4.19. The van der Waals surface area contributed by atoms with Crippen molar-refractivity contribution < 1.29 is 32.2 Å². The van der Waals surface area contributed by atoms with E-state index in [1.807, 2.05) is 0 Å². The summed E-state index contributed by atoms with van der Waals surface area (Å²) in [5, 5.41) is 3.06. The number of alkyl halides is 3. The number of hydrogen-bond acceptors (Lipinski definition) is 4. The van der Waals surface area contributed by atoms with Crippen molar-refractivity contribution in [3.05, 3.63) is 52.5 Å². The van der Waals surface area contributed by atoms with E-state index < -0.39 is 23.6 Å². The third kappa shape index (κ3) is 5.33. The first-order valence-corrected chi connectivity index (χ1v) is 9.21. The number of hydrogen-bond donors (Lipinski definition) is 1. The molecule has 0 aliphatic carbocycles. The SMILES string of the molecule is COCCOc1ccc(C(F)(F)F)cc1NC(=O)C1COc2ccc(Cl)cc2C1. The Morgan fingerprint density at radius 3 is 2.76 bits per heavy atom. The van der Waals surface area contributed by atoms with Crippen molar-refractivity contribution in [2.75, 3.05) is 32.2 Å². The Balaban J connectivity index is 1.79. The van der Waals surface area contributed by atoms with Gasteiger partial charge in [0, 0.05) is 12.1 Å². The molecule has 1 heterocycles. The second kappa shape index (κ2) is 8.92. The van der Waals surface area contributed by atoms with Crippen molar-refractivity contribution in [3.8, 4) is 11.5 Å². The predicted molar refractivity (Wildman–Crippen MR) is 102 cm³/mol. The Hall–Kier alpha value is -2.45. The minimum Gasteiger partial charge on any atom is -0.492 e. The van der Waals surface area contributed by atoms with Gasteiger partial charge in [-0.1, -0.05) is 11.6 Å². The van der Waals surface area contributed by atoms with Crippen LogP contribution in [0.3, 0.4) is 0 Å². The molecule has 0 aromatic heterocycles. The lowest BCUT2D eigenvalue weighted by atomic mass is 9.96. The largest absolute Gasteiger partial charge is 0.492 e. The highest BCUT2D eigenvalue weighted by Crippen LogP contribution is 2.36. The summed E-state index contributed by atoms with van der Waals surface area (Å²) in [6, 6.07) is 8.06. The fourth-order valence-electron chi connectivity index (χ4n) is 2.93. The highest BCUT2D eigenvalue weighted by atomic mass is 35.5. The first-order chi connectivity index (χ1) is 13.8. The molecule has 0 spiro atoms. The number of carbonyl (C=O) groups excluding carboxylic acids is 1. The van der Waals surface area contributed by atoms with Gasteiger partial charge >= 0.3 is 6.18 Å². The fourth-order valence-corrected chi connectivity index (χ4v) is 3.13. The molecule has 0 saturated carbocycles. The van der Waals surface area contributed by atoms with E-state index in [4.69, 9.17) is 25.8 Å². The number of benzene rings is 2. The zero-order valence-corrected chi connectivity index (χ0v) is 16.3. The van der Waals surface area contributed by atoms with Gasteiger partial charge in [-0.25, -0.2) is 0 Å². The minimum absolute atomic E-state index is 0.0576. The van der Waals surface area contributed by atoms with E-state index in [1.165, 1.54) is 13.2 Å². The molecule has 1 amide bonds. The summed E-state index contributed by atoms with van der Waals surface area (Å²) in [4.78, 5) is 12.7. The standard InChI is InChI=1S/C20H19ClF3NO4/c1-27-6-7-28-18-4-2-14(20(22,23)24)10-16(18)25-19(26)13-8-12-9-15(21)3-5-17(12)29-11-13/h2-5,9-10,13H,6-8,11H2,1H3,(H,25,26). The number of rotatable bonds is 6. The Morgan fingerprint density at radius 1 is 1.24 bits per heavy atom. The second-order valence-electron chi connectivity index (χ2n) is 6.50. The molecular formula is C20H19ClF3NO4. The Bertz CT molecular complexity index is 889. The third-order valence-corrected chi connectivity index (χ3v) is 4.64. The number of fused-ring (bicyclic) bond motifs is 1. The van der Waals surface area contributed by atoms with E-state index in [2.05, 4.69) is 5.32 Å². The van der Waals surface area contributed by atoms with Crippen LogP contribution in [0.15, 0.2) is 36.4 Å². The van der Waals surface area contributed by atoms with Gasteiger partial charge in [0.1, 0.15) is 24.7 Å². The van der Waals surface area contributed by atoms with Gasteiger partial charge in [-0.15, -0.1) is 0 Å². The number of carbonyl (C=O) groups is 1. The first-order valence-electron chi connectivity index (χ1n) is 8.83. The number of anilines is 1. The molecule has 1 aliphatic rings. The molecule has 0 fully saturated rings. The molecule has 0 radical (unpaired) electrons. The highest BCUT2D eigenvalue weighted by molar-refractivity contribution is 6.30. The normalized spacial score (nSPS) is 16.0. The molecular weight excluding hydrogens is 411 g/mol. The van der Waals surface area contributed by atoms with Crippen LogP contribution in [0.4, 0.5) is 18.9 Å². The van der Waals surface area contributed by atoms with Crippen LogP contribution in [0.5, 0.6) is 11.5 Å². The Morgan fingerprint density at radius 2 is 2.03 bits per heavy atom. The van der Waals surface area contributed by atoms with Crippen LogP contribution in [0, 0.1) is 5.92 Å². The lowest BCUT2D eigenvalue weighted by molar-refractivity contribution is -0.137. The van der Waals surface area contributed by atoms with Crippen molar-refractivity contribution >= 4 is 23.2 Å². The molecule has 1 unspecified atom stereocenters. The first kappa shape index (κ1) is 21.3. The maximum absolute atomic E-state index is 13.1. The Labute approximate surface area is 170 Å². The summed E-state index contributed by atoms with van der Waals surface area (Å²) in [5.41, 5.74) is -0.175. The van der Waals surface area contributed by atoms with Crippen molar-refractivity contribution in [2.45, 2.75) is 12.6 Å². The summed E-state index contributed by atoms with van der Waals surface area (Å²) in [7, 11) is 1.48. The van der Waals surface area contributed by atoms with Gasteiger partial charge in [0.2, 0.25) is 5.91 Å². The number of ether oxygens (including phenoxy) is 3. The topological polar surface area (TPSA) is 56.8 Å². The maximum Gasteiger partial charge on any atom is 0.416 e. The van der Waals surface area contributed by atoms with Crippen LogP contribution in [0.2, 0.25) is 5.02 Å². The lowest BCUT2D eigenvalue weighted by Gasteiger charge is -2.25. The molecule has 2 aromatic carbocycles. The van der Waals surface area contributed by atoms with Crippen LogP contribution in [-0.2, 0) is 22.1 Å². The van der Waals surface area contributed by atoms with Crippen LogP contribution >= 0.6 is 11.6 Å². The third-order valence-electron chi connectivity index (χ3n) is 4.41. The summed E-state index contributed by atoms with van der Waals surface area (Å²) >= 11 is 5.99.